The standard InChI is InChI=1S/C24H21N3O3/c28-17-10-7-16(14-17)19-4-3-13-25-24(19)30-18-11-8-15(9-12-18)22(29)23-26-20-5-1-2-6-21(20)27-23/h1-6,8-9,11-13,16-17,28H,7,10,14H2,(H,26,27)/t16?,17-/m1/s1. The first-order valence-electron chi connectivity index (χ1n) is 10.1. The molecule has 2 atom stereocenters. The number of ketones is 1. The summed E-state index contributed by atoms with van der Waals surface area (Å²) in [6.07, 6.45) is 3.90. The lowest BCUT2D eigenvalue weighted by Crippen LogP contribution is -2.04. The SMILES string of the molecule is O=C(c1ccc(Oc2ncccc2C2CC[C@@H](O)C2)cc1)c1nc2ccccc2[nH]1. The molecule has 2 aromatic heterocycles. The van der Waals surface area contributed by atoms with Crippen LogP contribution < -0.4 is 4.74 Å². The third-order valence-electron chi connectivity index (χ3n) is 5.58. The summed E-state index contributed by atoms with van der Waals surface area (Å²) in [6, 6.07) is 18.4. The molecule has 1 fully saturated rings. The number of para-hydroxylation sites is 2. The highest BCUT2D eigenvalue weighted by Gasteiger charge is 2.27. The van der Waals surface area contributed by atoms with E-state index in [1.165, 1.54) is 0 Å². The number of imidazole rings is 1. The molecule has 6 heteroatoms. The summed E-state index contributed by atoms with van der Waals surface area (Å²) in [6.45, 7) is 0. The Kier molecular flexibility index (Phi) is 4.77. The van der Waals surface area contributed by atoms with Gasteiger partial charge in [0.25, 0.3) is 0 Å². The van der Waals surface area contributed by atoms with Crippen LogP contribution in [0.1, 0.15) is 46.9 Å². The topological polar surface area (TPSA) is 88.1 Å². The van der Waals surface area contributed by atoms with E-state index in [4.69, 9.17) is 4.74 Å². The molecule has 2 heterocycles. The van der Waals surface area contributed by atoms with Crippen molar-refractivity contribution in [3.63, 3.8) is 0 Å². The molecule has 0 aliphatic heterocycles. The van der Waals surface area contributed by atoms with Gasteiger partial charge in [0.05, 0.1) is 17.1 Å². The van der Waals surface area contributed by atoms with Gasteiger partial charge in [-0.3, -0.25) is 4.79 Å². The lowest BCUT2D eigenvalue weighted by molar-refractivity contribution is 0.103. The third kappa shape index (κ3) is 3.57. The summed E-state index contributed by atoms with van der Waals surface area (Å²) in [5.41, 5.74) is 3.14. The van der Waals surface area contributed by atoms with E-state index in [-0.39, 0.29) is 17.8 Å². The number of aromatic amines is 1. The second kappa shape index (κ2) is 7.72. The number of ether oxygens (including phenoxy) is 1. The molecule has 5 rings (SSSR count). The monoisotopic (exact) mass is 399 g/mol. The normalized spacial score (nSPS) is 18.6. The summed E-state index contributed by atoms with van der Waals surface area (Å²) in [5, 5.41) is 9.86. The average Bonchev–Trinajstić information content (AvgIpc) is 3.40. The minimum atomic E-state index is -0.258. The van der Waals surface area contributed by atoms with Gasteiger partial charge in [0.15, 0.2) is 5.82 Å². The molecule has 6 nitrogen and oxygen atoms in total. The van der Waals surface area contributed by atoms with Gasteiger partial charge < -0.3 is 14.8 Å². The number of aliphatic hydroxyl groups excluding tert-OH is 1. The lowest BCUT2D eigenvalue weighted by atomic mass is 9.99. The molecule has 1 saturated carbocycles. The minimum Gasteiger partial charge on any atom is -0.439 e. The van der Waals surface area contributed by atoms with E-state index in [2.05, 4.69) is 15.0 Å². The number of pyridine rings is 1. The van der Waals surface area contributed by atoms with Gasteiger partial charge in [0.2, 0.25) is 11.7 Å². The fourth-order valence-corrected chi connectivity index (χ4v) is 4.02. The molecule has 1 unspecified atom stereocenters. The first kappa shape index (κ1) is 18.5. The molecular weight excluding hydrogens is 378 g/mol. The fraction of sp³-hybridized carbons (Fsp3) is 0.208. The van der Waals surface area contributed by atoms with Crippen molar-refractivity contribution in [1.29, 1.82) is 0 Å². The Morgan fingerprint density at radius 1 is 1.03 bits per heavy atom. The molecule has 0 bridgehead atoms. The van der Waals surface area contributed by atoms with Gasteiger partial charge in [0, 0.05) is 17.3 Å². The second-order valence-electron chi connectivity index (χ2n) is 7.62. The molecule has 0 radical (unpaired) electrons. The van der Waals surface area contributed by atoms with E-state index in [9.17, 15) is 9.90 Å². The quantitative estimate of drug-likeness (QED) is 0.479. The van der Waals surface area contributed by atoms with E-state index in [1.54, 1.807) is 30.5 Å². The highest BCUT2D eigenvalue weighted by Crippen LogP contribution is 2.39. The number of H-pyrrole nitrogens is 1. The number of fused-ring (bicyclic) bond motifs is 1. The van der Waals surface area contributed by atoms with Crippen molar-refractivity contribution < 1.29 is 14.6 Å². The maximum atomic E-state index is 12.8. The Hall–Kier alpha value is -3.51. The van der Waals surface area contributed by atoms with Gasteiger partial charge >= 0.3 is 0 Å². The number of hydrogen-bond acceptors (Lipinski definition) is 5. The Balaban J connectivity index is 1.35. The number of carbonyl (C=O) groups excluding carboxylic acids is 1. The van der Waals surface area contributed by atoms with Gasteiger partial charge in [-0.15, -0.1) is 0 Å². The summed E-state index contributed by atoms with van der Waals surface area (Å²) in [4.78, 5) is 24.6. The molecular formula is C24H21N3O3. The zero-order valence-corrected chi connectivity index (χ0v) is 16.3. The molecule has 2 aromatic carbocycles. The fourth-order valence-electron chi connectivity index (χ4n) is 4.02. The van der Waals surface area contributed by atoms with Gasteiger partial charge in [-0.25, -0.2) is 9.97 Å². The van der Waals surface area contributed by atoms with E-state index in [0.29, 0.717) is 23.0 Å². The molecule has 4 aromatic rings. The second-order valence-corrected chi connectivity index (χ2v) is 7.62. The minimum absolute atomic E-state index is 0.170. The van der Waals surface area contributed by atoms with Crippen molar-refractivity contribution in [3.05, 3.63) is 83.8 Å². The van der Waals surface area contributed by atoms with Crippen LogP contribution in [0.15, 0.2) is 66.9 Å². The zero-order chi connectivity index (χ0) is 20.5. The molecule has 0 saturated heterocycles. The van der Waals surface area contributed by atoms with Gasteiger partial charge in [-0.2, -0.15) is 0 Å². The van der Waals surface area contributed by atoms with E-state index < -0.39 is 0 Å². The Labute approximate surface area is 173 Å². The molecule has 150 valence electrons. The van der Waals surface area contributed by atoms with Gasteiger partial charge in [-0.1, -0.05) is 18.2 Å². The maximum absolute atomic E-state index is 12.8. The first-order chi connectivity index (χ1) is 14.7. The number of benzene rings is 2. The van der Waals surface area contributed by atoms with Crippen LogP contribution in [0.4, 0.5) is 0 Å². The predicted molar refractivity (Wildman–Crippen MR) is 113 cm³/mol. The number of hydrogen-bond donors (Lipinski definition) is 2. The predicted octanol–water partition coefficient (Wildman–Crippen LogP) is 4.61. The zero-order valence-electron chi connectivity index (χ0n) is 16.3. The number of rotatable bonds is 5. The first-order valence-corrected chi connectivity index (χ1v) is 10.1. The number of carbonyl (C=O) groups is 1. The van der Waals surface area contributed by atoms with Crippen LogP contribution >= 0.6 is 0 Å². The summed E-state index contributed by atoms with van der Waals surface area (Å²) >= 11 is 0. The van der Waals surface area contributed by atoms with Crippen LogP contribution in [-0.4, -0.2) is 31.9 Å². The van der Waals surface area contributed by atoms with Crippen molar-refractivity contribution in [2.75, 3.05) is 0 Å². The Morgan fingerprint density at radius 3 is 2.63 bits per heavy atom. The van der Waals surface area contributed by atoms with Crippen LogP contribution in [0.25, 0.3) is 11.0 Å². The molecule has 0 spiro atoms. The van der Waals surface area contributed by atoms with Crippen molar-refractivity contribution >= 4 is 16.8 Å². The Morgan fingerprint density at radius 2 is 1.87 bits per heavy atom. The highest BCUT2D eigenvalue weighted by atomic mass is 16.5. The lowest BCUT2D eigenvalue weighted by Gasteiger charge is -2.14. The highest BCUT2D eigenvalue weighted by molar-refractivity contribution is 6.08. The van der Waals surface area contributed by atoms with E-state index in [1.807, 2.05) is 36.4 Å². The smallest absolute Gasteiger partial charge is 0.228 e. The number of aliphatic hydroxyl groups is 1. The number of nitrogens with zero attached hydrogens (tertiary/aromatic N) is 2. The van der Waals surface area contributed by atoms with Crippen LogP contribution in [0.3, 0.4) is 0 Å². The van der Waals surface area contributed by atoms with Crippen LogP contribution in [0.5, 0.6) is 11.6 Å². The molecule has 30 heavy (non-hydrogen) atoms. The third-order valence-corrected chi connectivity index (χ3v) is 5.58. The molecule has 1 aliphatic carbocycles. The molecule has 2 N–H and O–H groups in total. The summed E-state index contributed by atoms with van der Waals surface area (Å²) in [5.74, 6) is 1.55. The van der Waals surface area contributed by atoms with Gasteiger partial charge in [-0.05, 0) is 67.6 Å². The van der Waals surface area contributed by atoms with Crippen molar-refractivity contribution in [2.45, 2.75) is 31.3 Å². The van der Waals surface area contributed by atoms with Crippen LogP contribution in [0, 0.1) is 0 Å². The van der Waals surface area contributed by atoms with Crippen molar-refractivity contribution in [2.24, 2.45) is 0 Å². The average molecular weight is 399 g/mol. The van der Waals surface area contributed by atoms with E-state index in [0.717, 1.165) is 35.9 Å². The molecule has 0 amide bonds. The molecule has 1 aliphatic rings. The summed E-state index contributed by atoms with van der Waals surface area (Å²) < 4.78 is 6.02. The maximum Gasteiger partial charge on any atom is 0.228 e. The van der Waals surface area contributed by atoms with Crippen LogP contribution in [0.2, 0.25) is 0 Å². The Bertz CT molecular complexity index is 1170. The van der Waals surface area contributed by atoms with Crippen LogP contribution in [-0.2, 0) is 0 Å². The van der Waals surface area contributed by atoms with E-state index >= 15 is 0 Å². The number of nitrogens with one attached hydrogen (secondary N) is 1. The largest absolute Gasteiger partial charge is 0.439 e. The van der Waals surface area contributed by atoms with Crippen molar-refractivity contribution in [3.8, 4) is 11.6 Å². The van der Waals surface area contributed by atoms with Gasteiger partial charge in [0.1, 0.15) is 5.75 Å². The summed E-state index contributed by atoms with van der Waals surface area (Å²) in [7, 11) is 0. The van der Waals surface area contributed by atoms with Crippen molar-refractivity contribution in [1.82, 2.24) is 15.0 Å². The number of aromatic nitrogens is 3.